The number of aromatic nitrogens is 1. The first-order valence-corrected chi connectivity index (χ1v) is 7.04. The van der Waals surface area contributed by atoms with Gasteiger partial charge in [0.25, 0.3) is 0 Å². The van der Waals surface area contributed by atoms with Gasteiger partial charge in [-0.05, 0) is 12.1 Å². The number of rotatable bonds is 5. The Morgan fingerprint density at radius 3 is 2.94 bits per heavy atom. The first-order valence-electron chi connectivity index (χ1n) is 5.50. The fraction of sp³-hybridized carbons (Fsp3) is 0.231. The summed E-state index contributed by atoms with van der Waals surface area (Å²) in [6.45, 7) is 0. The molecule has 1 N–H and O–H groups in total. The third-order valence-corrected chi connectivity index (χ3v) is 3.80. The Kier molecular flexibility index (Phi) is 4.44. The Hall–Kier alpha value is -1.26. The molecule has 5 heteroatoms. The quantitative estimate of drug-likeness (QED) is 0.672. The summed E-state index contributed by atoms with van der Waals surface area (Å²) < 4.78 is 0. The number of nitrogens with zero attached hydrogens (tertiary/aromatic N) is 1. The van der Waals surface area contributed by atoms with E-state index in [2.05, 4.69) is 4.98 Å². The number of thioether (sulfide) groups is 1. The summed E-state index contributed by atoms with van der Waals surface area (Å²) in [5, 5.41) is 10.1. The molecule has 94 valence electrons. The third-order valence-electron chi connectivity index (χ3n) is 2.47. The first kappa shape index (κ1) is 13.2. The molecule has 0 unspecified atom stereocenters. The zero-order chi connectivity index (χ0) is 13.0. The molecule has 0 spiro atoms. The number of halogens is 1. The van der Waals surface area contributed by atoms with Crippen molar-refractivity contribution in [3.05, 3.63) is 41.0 Å². The van der Waals surface area contributed by atoms with Gasteiger partial charge < -0.3 is 5.11 Å². The lowest BCUT2D eigenvalue weighted by molar-refractivity contribution is -0.136. The number of para-hydroxylation sites is 1. The Morgan fingerprint density at radius 2 is 2.17 bits per heavy atom. The van der Waals surface area contributed by atoms with Crippen molar-refractivity contribution in [1.82, 2.24) is 4.98 Å². The van der Waals surface area contributed by atoms with E-state index in [1.807, 2.05) is 30.3 Å². The van der Waals surface area contributed by atoms with Crippen LogP contribution in [-0.2, 0) is 10.5 Å². The lowest BCUT2D eigenvalue weighted by atomic mass is 10.2. The smallest absolute Gasteiger partial charge is 0.304 e. The third kappa shape index (κ3) is 3.37. The summed E-state index contributed by atoms with van der Waals surface area (Å²) in [7, 11) is 0. The maximum absolute atomic E-state index is 10.4. The van der Waals surface area contributed by atoms with Crippen LogP contribution < -0.4 is 0 Å². The molecule has 1 aromatic heterocycles. The molecule has 0 fully saturated rings. The van der Waals surface area contributed by atoms with Gasteiger partial charge in [0.1, 0.15) is 5.15 Å². The van der Waals surface area contributed by atoms with Crippen LogP contribution in [0.3, 0.4) is 0 Å². The van der Waals surface area contributed by atoms with Crippen molar-refractivity contribution in [1.29, 1.82) is 0 Å². The Labute approximate surface area is 114 Å². The monoisotopic (exact) mass is 281 g/mol. The second kappa shape index (κ2) is 6.07. The van der Waals surface area contributed by atoms with Crippen LogP contribution >= 0.6 is 23.4 Å². The number of aliphatic carboxylic acids is 1. The van der Waals surface area contributed by atoms with E-state index in [-0.39, 0.29) is 6.42 Å². The lowest BCUT2D eigenvalue weighted by Crippen LogP contribution is -1.96. The van der Waals surface area contributed by atoms with Crippen LogP contribution in [0, 0.1) is 0 Å². The van der Waals surface area contributed by atoms with Gasteiger partial charge in [0.15, 0.2) is 0 Å². The Bertz CT molecular complexity index is 574. The number of hydrogen-bond acceptors (Lipinski definition) is 3. The maximum atomic E-state index is 10.4. The van der Waals surface area contributed by atoms with Crippen molar-refractivity contribution >= 4 is 40.2 Å². The number of hydrogen-bond donors (Lipinski definition) is 1. The molecule has 0 atom stereocenters. The van der Waals surface area contributed by atoms with Crippen molar-refractivity contribution < 1.29 is 9.90 Å². The van der Waals surface area contributed by atoms with Gasteiger partial charge in [-0.2, -0.15) is 11.8 Å². The fourth-order valence-corrected chi connectivity index (χ4v) is 2.77. The van der Waals surface area contributed by atoms with Crippen LogP contribution in [-0.4, -0.2) is 21.8 Å². The molecule has 2 rings (SSSR count). The molecule has 0 saturated heterocycles. The zero-order valence-corrected chi connectivity index (χ0v) is 11.2. The highest BCUT2D eigenvalue weighted by Gasteiger charge is 2.05. The SMILES string of the molecule is O=C(O)CCSCc1cc2ccccc2nc1Cl. The summed E-state index contributed by atoms with van der Waals surface area (Å²) in [5.41, 5.74) is 1.83. The molecule has 0 aliphatic heterocycles. The minimum atomic E-state index is -0.773. The van der Waals surface area contributed by atoms with Gasteiger partial charge in [0, 0.05) is 22.5 Å². The van der Waals surface area contributed by atoms with E-state index in [4.69, 9.17) is 16.7 Å². The molecule has 3 nitrogen and oxygen atoms in total. The summed E-state index contributed by atoms with van der Waals surface area (Å²) in [5.74, 6) is 0.493. The van der Waals surface area contributed by atoms with Crippen LogP contribution in [0.4, 0.5) is 0 Å². The lowest BCUT2D eigenvalue weighted by Gasteiger charge is -2.05. The summed E-state index contributed by atoms with van der Waals surface area (Å²) in [6.07, 6.45) is 0.170. The van der Waals surface area contributed by atoms with Crippen molar-refractivity contribution in [3.8, 4) is 0 Å². The fourth-order valence-electron chi connectivity index (χ4n) is 1.58. The normalized spacial score (nSPS) is 10.7. The van der Waals surface area contributed by atoms with Gasteiger partial charge in [0.2, 0.25) is 0 Å². The van der Waals surface area contributed by atoms with Crippen LogP contribution in [0.2, 0.25) is 5.15 Å². The zero-order valence-electron chi connectivity index (χ0n) is 9.60. The number of carboxylic acid groups (broad SMARTS) is 1. The van der Waals surface area contributed by atoms with Gasteiger partial charge in [0.05, 0.1) is 11.9 Å². The van der Waals surface area contributed by atoms with Crippen LogP contribution in [0.5, 0.6) is 0 Å². The highest BCUT2D eigenvalue weighted by Crippen LogP contribution is 2.24. The largest absolute Gasteiger partial charge is 0.481 e. The second-order valence-corrected chi connectivity index (χ2v) is 5.29. The second-order valence-electron chi connectivity index (χ2n) is 3.83. The van der Waals surface area contributed by atoms with Gasteiger partial charge in [-0.15, -0.1) is 0 Å². The minimum Gasteiger partial charge on any atom is -0.481 e. The minimum absolute atomic E-state index is 0.170. The maximum Gasteiger partial charge on any atom is 0.304 e. The Morgan fingerprint density at radius 1 is 1.39 bits per heavy atom. The number of carboxylic acids is 1. The molecule has 0 aliphatic rings. The standard InChI is InChI=1S/C13H12ClNO2S/c14-13-10(8-18-6-5-12(16)17)7-9-3-1-2-4-11(9)15-13/h1-4,7H,5-6,8H2,(H,16,17). The number of carbonyl (C=O) groups is 1. The van der Waals surface area contributed by atoms with Crippen LogP contribution in [0.1, 0.15) is 12.0 Å². The summed E-state index contributed by atoms with van der Waals surface area (Å²) in [4.78, 5) is 14.7. The van der Waals surface area contributed by atoms with E-state index in [9.17, 15) is 4.79 Å². The molecular weight excluding hydrogens is 270 g/mol. The average Bonchev–Trinajstić information content (AvgIpc) is 2.34. The molecular formula is C13H12ClNO2S. The number of fused-ring (bicyclic) bond motifs is 1. The van der Waals surface area contributed by atoms with Gasteiger partial charge in [-0.3, -0.25) is 4.79 Å². The van der Waals surface area contributed by atoms with Crippen molar-refractivity contribution in [2.24, 2.45) is 0 Å². The van der Waals surface area contributed by atoms with Crippen molar-refractivity contribution in [2.75, 3.05) is 5.75 Å². The molecule has 2 aromatic rings. The van der Waals surface area contributed by atoms with E-state index in [1.54, 1.807) is 11.8 Å². The van der Waals surface area contributed by atoms with Crippen LogP contribution in [0.25, 0.3) is 10.9 Å². The van der Waals surface area contributed by atoms with Crippen molar-refractivity contribution in [2.45, 2.75) is 12.2 Å². The van der Waals surface area contributed by atoms with Gasteiger partial charge >= 0.3 is 5.97 Å². The highest BCUT2D eigenvalue weighted by atomic mass is 35.5. The summed E-state index contributed by atoms with van der Waals surface area (Å²) in [6, 6.07) is 9.80. The molecule has 0 amide bonds. The molecule has 0 radical (unpaired) electrons. The highest BCUT2D eigenvalue weighted by molar-refractivity contribution is 7.98. The molecule has 0 aliphatic carbocycles. The topological polar surface area (TPSA) is 50.2 Å². The van der Waals surface area contributed by atoms with E-state index in [0.29, 0.717) is 16.7 Å². The van der Waals surface area contributed by atoms with E-state index >= 15 is 0 Å². The molecule has 0 bridgehead atoms. The molecule has 1 aromatic carbocycles. The van der Waals surface area contributed by atoms with Gasteiger partial charge in [-0.25, -0.2) is 4.98 Å². The average molecular weight is 282 g/mol. The van der Waals surface area contributed by atoms with Crippen molar-refractivity contribution in [3.63, 3.8) is 0 Å². The predicted molar refractivity (Wildman–Crippen MR) is 75.2 cm³/mol. The summed E-state index contributed by atoms with van der Waals surface area (Å²) >= 11 is 7.66. The van der Waals surface area contributed by atoms with E-state index in [0.717, 1.165) is 16.5 Å². The Balaban J connectivity index is 2.08. The van der Waals surface area contributed by atoms with E-state index < -0.39 is 5.97 Å². The first-order chi connectivity index (χ1) is 8.66. The van der Waals surface area contributed by atoms with E-state index in [1.165, 1.54) is 0 Å². The molecule has 1 heterocycles. The predicted octanol–water partition coefficient (Wildman–Crippen LogP) is 3.60. The molecule has 18 heavy (non-hydrogen) atoms. The number of benzene rings is 1. The van der Waals surface area contributed by atoms with Gasteiger partial charge in [-0.1, -0.05) is 29.8 Å². The van der Waals surface area contributed by atoms with Crippen LogP contribution in [0.15, 0.2) is 30.3 Å². The molecule has 0 saturated carbocycles. The number of pyridine rings is 1.